The molecule has 0 heterocycles. The van der Waals surface area contributed by atoms with Gasteiger partial charge < -0.3 is 0 Å². The van der Waals surface area contributed by atoms with Gasteiger partial charge in [0.1, 0.15) is 0 Å². The first-order chi connectivity index (χ1) is 2.27. The Morgan fingerprint density at radius 2 is 2.00 bits per heavy atom. The molecule has 3 heteroatoms. The van der Waals surface area contributed by atoms with Gasteiger partial charge in [-0.3, -0.25) is 0 Å². The minimum absolute atomic E-state index is 1.51. The van der Waals surface area contributed by atoms with Crippen LogP contribution in [0.3, 0.4) is 0 Å². The van der Waals surface area contributed by atoms with Gasteiger partial charge in [-0.15, -0.1) is 0 Å². The van der Waals surface area contributed by atoms with Crippen molar-refractivity contribution in [3.8, 4) is 0 Å². The summed E-state index contributed by atoms with van der Waals surface area (Å²) in [6.07, 6.45) is 0. The van der Waals surface area contributed by atoms with Crippen LogP contribution in [0.4, 0.5) is 0 Å². The van der Waals surface area contributed by atoms with Gasteiger partial charge in [0.25, 0.3) is 0 Å². The van der Waals surface area contributed by atoms with Gasteiger partial charge in [-0.05, 0) is 0 Å². The Hall–Kier alpha value is 0.478. The fourth-order valence-electron chi connectivity index (χ4n) is 0. The summed E-state index contributed by atoms with van der Waals surface area (Å²) < 4.78 is 12.7. The first-order valence-corrected chi connectivity index (χ1v) is 4.72. The van der Waals surface area contributed by atoms with Gasteiger partial charge in [-0.25, -0.2) is 0 Å². The average molecular weight is 138 g/mol. The van der Waals surface area contributed by atoms with Crippen molar-refractivity contribution in [2.24, 2.45) is 0 Å². The normalized spacial score (nSPS) is 15.0. The molecular weight excluding hydrogens is 131 g/mol. The SMILES string of the molecule is CO[As](C)O. The van der Waals surface area contributed by atoms with Crippen LogP contribution in [0.25, 0.3) is 0 Å². The third-order valence-corrected chi connectivity index (χ3v) is 1.37. The Labute approximate surface area is 36.7 Å². The van der Waals surface area contributed by atoms with E-state index in [4.69, 9.17) is 4.10 Å². The summed E-state index contributed by atoms with van der Waals surface area (Å²) in [7, 11) is 1.51. The summed E-state index contributed by atoms with van der Waals surface area (Å²) in [4.78, 5) is 0. The molecule has 1 N–H and O–H groups in total. The first kappa shape index (κ1) is 5.48. The van der Waals surface area contributed by atoms with Gasteiger partial charge >= 0.3 is 36.0 Å². The summed E-state index contributed by atoms with van der Waals surface area (Å²) in [5.41, 5.74) is 1.70. The van der Waals surface area contributed by atoms with Gasteiger partial charge in [0.05, 0.1) is 0 Å². The Bertz CT molecular complexity index is 21.6. The van der Waals surface area contributed by atoms with Crippen LogP contribution in [-0.2, 0) is 3.73 Å². The molecule has 0 aromatic carbocycles. The van der Waals surface area contributed by atoms with E-state index in [1.807, 2.05) is 0 Å². The van der Waals surface area contributed by atoms with Crippen molar-refractivity contribution in [3.05, 3.63) is 0 Å². The zero-order valence-electron chi connectivity index (χ0n) is 3.30. The van der Waals surface area contributed by atoms with Crippen LogP contribution >= 0.6 is 0 Å². The molecular formula is C2H7AsO2. The fourth-order valence-corrected chi connectivity index (χ4v) is 0. The van der Waals surface area contributed by atoms with Crippen molar-refractivity contribution < 1.29 is 7.82 Å². The van der Waals surface area contributed by atoms with Gasteiger partial charge in [-0.1, -0.05) is 0 Å². The van der Waals surface area contributed by atoms with Crippen molar-refractivity contribution in [2.75, 3.05) is 7.11 Å². The molecule has 0 bridgehead atoms. The van der Waals surface area contributed by atoms with E-state index in [-0.39, 0.29) is 0 Å². The van der Waals surface area contributed by atoms with E-state index in [9.17, 15) is 0 Å². The molecule has 0 radical (unpaired) electrons. The van der Waals surface area contributed by atoms with Gasteiger partial charge in [0.2, 0.25) is 0 Å². The van der Waals surface area contributed by atoms with E-state index in [2.05, 4.69) is 3.73 Å². The van der Waals surface area contributed by atoms with Crippen LogP contribution in [0.2, 0.25) is 5.71 Å². The van der Waals surface area contributed by atoms with Crippen molar-refractivity contribution in [1.82, 2.24) is 0 Å². The molecule has 5 heavy (non-hydrogen) atoms. The molecule has 0 aromatic rings. The molecule has 0 aliphatic carbocycles. The van der Waals surface area contributed by atoms with Crippen molar-refractivity contribution >= 4 is 15.3 Å². The summed E-state index contributed by atoms with van der Waals surface area (Å²) >= 11 is -1.70. The topological polar surface area (TPSA) is 29.5 Å². The molecule has 0 saturated heterocycles. The van der Waals surface area contributed by atoms with Gasteiger partial charge in [0.15, 0.2) is 0 Å². The molecule has 0 rings (SSSR count). The van der Waals surface area contributed by atoms with Gasteiger partial charge in [-0.2, -0.15) is 0 Å². The predicted molar refractivity (Wildman–Crippen MR) is 20.8 cm³/mol. The molecule has 0 aromatic heterocycles. The van der Waals surface area contributed by atoms with Crippen molar-refractivity contribution in [1.29, 1.82) is 0 Å². The van der Waals surface area contributed by atoms with E-state index in [0.29, 0.717) is 0 Å². The second kappa shape index (κ2) is 2.70. The van der Waals surface area contributed by atoms with E-state index in [1.165, 1.54) is 7.11 Å². The second-order valence-electron chi connectivity index (χ2n) is 0.647. The average Bonchev–Trinajstić information content (AvgIpc) is 1.38. The molecule has 0 saturated carbocycles. The molecule has 0 aliphatic heterocycles. The monoisotopic (exact) mass is 138 g/mol. The van der Waals surface area contributed by atoms with E-state index < -0.39 is 15.3 Å². The van der Waals surface area contributed by atoms with Crippen LogP contribution in [0, 0.1) is 0 Å². The molecule has 2 nitrogen and oxygen atoms in total. The Balaban J connectivity index is 2.54. The van der Waals surface area contributed by atoms with Crippen molar-refractivity contribution in [3.63, 3.8) is 0 Å². The second-order valence-corrected chi connectivity index (χ2v) is 3.36. The predicted octanol–water partition coefficient (Wildman–Crippen LogP) is -0.257. The van der Waals surface area contributed by atoms with E-state index in [0.717, 1.165) is 0 Å². The number of hydrogen-bond donors (Lipinski definition) is 1. The standard InChI is InChI=1S/C2H7AsO2/c1-3(4)5-2/h4H,1-2H3. The summed E-state index contributed by atoms with van der Waals surface area (Å²) in [6.45, 7) is 0. The maximum atomic E-state index is 8.28. The number of rotatable bonds is 1. The third-order valence-electron chi connectivity index (χ3n) is 0.264. The van der Waals surface area contributed by atoms with Gasteiger partial charge in [0, 0.05) is 0 Å². The van der Waals surface area contributed by atoms with Crippen LogP contribution in [0.1, 0.15) is 0 Å². The molecule has 1 atom stereocenters. The molecule has 32 valence electrons. The van der Waals surface area contributed by atoms with Crippen LogP contribution in [-0.4, -0.2) is 26.5 Å². The molecule has 0 amide bonds. The zero-order chi connectivity index (χ0) is 4.28. The molecule has 0 aliphatic rings. The van der Waals surface area contributed by atoms with E-state index in [1.54, 1.807) is 5.71 Å². The number of hydrogen-bond acceptors (Lipinski definition) is 2. The van der Waals surface area contributed by atoms with Crippen LogP contribution in [0.15, 0.2) is 0 Å². The minimum atomic E-state index is -1.70. The maximum absolute atomic E-state index is 8.28. The summed E-state index contributed by atoms with van der Waals surface area (Å²) in [5, 5.41) is 0. The third kappa shape index (κ3) is 4.48. The first-order valence-electron chi connectivity index (χ1n) is 1.24. The Morgan fingerprint density at radius 3 is 2.00 bits per heavy atom. The summed E-state index contributed by atoms with van der Waals surface area (Å²) in [5.74, 6) is 0. The van der Waals surface area contributed by atoms with E-state index >= 15 is 0 Å². The molecule has 0 fully saturated rings. The van der Waals surface area contributed by atoms with Crippen molar-refractivity contribution in [2.45, 2.75) is 5.71 Å². The fraction of sp³-hybridized carbons (Fsp3) is 1.00. The molecule has 1 unspecified atom stereocenters. The van der Waals surface area contributed by atoms with Crippen LogP contribution in [0.5, 0.6) is 0 Å². The zero-order valence-corrected chi connectivity index (χ0v) is 5.18. The Kier molecular flexibility index (Phi) is 2.96. The Morgan fingerprint density at radius 1 is 1.80 bits per heavy atom. The van der Waals surface area contributed by atoms with Crippen LogP contribution < -0.4 is 0 Å². The molecule has 0 spiro atoms. The summed E-state index contributed by atoms with van der Waals surface area (Å²) in [6, 6.07) is 0. The quantitative estimate of drug-likeness (QED) is 0.506.